The highest BCUT2D eigenvalue weighted by Gasteiger charge is 2.11. The molecule has 2 rings (SSSR count). The van der Waals surface area contributed by atoms with Crippen LogP contribution in [-0.2, 0) is 0 Å². The monoisotopic (exact) mass is 289 g/mol. The second kappa shape index (κ2) is 6.97. The van der Waals surface area contributed by atoms with E-state index in [4.69, 9.17) is 4.74 Å². The summed E-state index contributed by atoms with van der Waals surface area (Å²) >= 11 is 0. The number of rotatable bonds is 6. The molecular weight excluding hydrogens is 269 g/mol. The van der Waals surface area contributed by atoms with Gasteiger partial charge in [0.2, 0.25) is 0 Å². The molecule has 0 amide bonds. The maximum absolute atomic E-state index is 13.8. The van der Waals surface area contributed by atoms with Gasteiger partial charge >= 0.3 is 0 Å². The van der Waals surface area contributed by atoms with E-state index in [1.807, 2.05) is 31.2 Å². The molecule has 21 heavy (non-hydrogen) atoms. The van der Waals surface area contributed by atoms with Crippen LogP contribution in [0.25, 0.3) is 0 Å². The lowest BCUT2D eigenvalue weighted by Crippen LogP contribution is -2.08. The highest BCUT2D eigenvalue weighted by Crippen LogP contribution is 2.26. The van der Waals surface area contributed by atoms with E-state index in [0.717, 1.165) is 23.9 Å². The predicted octanol–water partition coefficient (Wildman–Crippen LogP) is 4.49. The fourth-order valence-electron chi connectivity index (χ4n) is 2.09. The summed E-state index contributed by atoms with van der Waals surface area (Å²) in [7, 11) is 0. The Bertz CT molecular complexity index is 601. The molecule has 0 aromatic heterocycles. The van der Waals surface area contributed by atoms with Crippen LogP contribution in [0.2, 0.25) is 0 Å². The number of hydrogen-bond acceptors (Lipinski definition) is 3. The lowest BCUT2D eigenvalue weighted by Gasteiger charge is -2.17. The third kappa shape index (κ3) is 4.12. The third-order valence-corrected chi connectivity index (χ3v) is 3.14. The fourth-order valence-corrected chi connectivity index (χ4v) is 2.09. The van der Waals surface area contributed by atoms with Crippen molar-refractivity contribution in [3.05, 3.63) is 53.8 Å². The van der Waals surface area contributed by atoms with Crippen LogP contribution in [0.15, 0.2) is 42.5 Å². The number of nitrogens with one attached hydrogen (secondary N) is 1. The summed E-state index contributed by atoms with van der Waals surface area (Å²) in [6.45, 7) is 4.60. The number of aromatic hydroxyl groups is 1. The molecule has 112 valence electrons. The second-order valence-electron chi connectivity index (χ2n) is 4.95. The Hall–Kier alpha value is -2.23. The van der Waals surface area contributed by atoms with Gasteiger partial charge in [-0.1, -0.05) is 19.1 Å². The normalized spacial score (nSPS) is 12.0. The average molecular weight is 289 g/mol. The van der Waals surface area contributed by atoms with Gasteiger partial charge < -0.3 is 15.2 Å². The molecule has 2 aromatic carbocycles. The molecule has 0 heterocycles. The first kappa shape index (κ1) is 15.2. The standard InChI is InChI=1S/C17H20FNO2/c1-3-9-21-15-6-4-5-13(10-15)19-12(2)16-8-7-14(20)11-17(16)18/h4-8,10-12,19-20H,3,9H2,1-2H3. The lowest BCUT2D eigenvalue weighted by molar-refractivity contribution is 0.317. The van der Waals surface area contributed by atoms with Crippen molar-refractivity contribution in [1.29, 1.82) is 0 Å². The first-order valence-corrected chi connectivity index (χ1v) is 7.08. The maximum atomic E-state index is 13.8. The number of ether oxygens (including phenoxy) is 1. The molecular formula is C17H20FNO2. The first-order chi connectivity index (χ1) is 10.1. The Morgan fingerprint density at radius 2 is 2.05 bits per heavy atom. The van der Waals surface area contributed by atoms with Crippen LogP contribution in [-0.4, -0.2) is 11.7 Å². The predicted molar refractivity (Wildman–Crippen MR) is 82.3 cm³/mol. The Kier molecular flexibility index (Phi) is 5.04. The second-order valence-corrected chi connectivity index (χ2v) is 4.95. The molecule has 2 aromatic rings. The number of anilines is 1. The topological polar surface area (TPSA) is 41.5 Å². The summed E-state index contributed by atoms with van der Waals surface area (Å²) in [5, 5.41) is 12.5. The van der Waals surface area contributed by atoms with Crippen molar-refractivity contribution in [3.63, 3.8) is 0 Å². The van der Waals surface area contributed by atoms with E-state index in [-0.39, 0.29) is 11.8 Å². The zero-order valence-corrected chi connectivity index (χ0v) is 12.3. The smallest absolute Gasteiger partial charge is 0.132 e. The van der Waals surface area contributed by atoms with Gasteiger partial charge in [0, 0.05) is 23.4 Å². The van der Waals surface area contributed by atoms with Gasteiger partial charge in [-0.3, -0.25) is 0 Å². The van der Waals surface area contributed by atoms with Crippen molar-refractivity contribution in [2.75, 3.05) is 11.9 Å². The van der Waals surface area contributed by atoms with Crippen molar-refractivity contribution in [3.8, 4) is 11.5 Å². The van der Waals surface area contributed by atoms with Crippen LogP contribution in [0.1, 0.15) is 31.9 Å². The molecule has 1 unspecified atom stereocenters. The van der Waals surface area contributed by atoms with Crippen LogP contribution in [0, 0.1) is 5.82 Å². The Morgan fingerprint density at radius 3 is 2.76 bits per heavy atom. The zero-order chi connectivity index (χ0) is 15.2. The molecule has 0 aliphatic carbocycles. The van der Waals surface area contributed by atoms with Crippen molar-refractivity contribution in [2.24, 2.45) is 0 Å². The summed E-state index contributed by atoms with van der Waals surface area (Å²) in [6, 6.07) is 11.6. The lowest BCUT2D eigenvalue weighted by atomic mass is 10.1. The Labute approximate surface area is 124 Å². The van der Waals surface area contributed by atoms with Crippen LogP contribution in [0.3, 0.4) is 0 Å². The van der Waals surface area contributed by atoms with E-state index < -0.39 is 5.82 Å². The third-order valence-electron chi connectivity index (χ3n) is 3.14. The quantitative estimate of drug-likeness (QED) is 0.823. The Morgan fingerprint density at radius 1 is 1.24 bits per heavy atom. The van der Waals surface area contributed by atoms with E-state index in [0.29, 0.717) is 12.2 Å². The van der Waals surface area contributed by atoms with Crippen molar-refractivity contribution >= 4 is 5.69 Å². The Balaban J connectivity index is 2.10. The molecule has 0 fully saturated rings. The molecule has 0 spiro atoms. The summed E-state index contributed by atoms with van der Waals surface area (Å²) in [4.78, 5) is 0. The van der Waals surface area contributed by atoms with Crippen LogP contribution in [0.4, 0.5) is 10.1 Å². The van der Waals surface area contributed by atoms with E-state index in [2.05, 4.69) is 12.2 Å². The number of benzene rings is 2. The molecule has 0 bridgehead atoms. The maximum Gasteiger partial charge on any atom is 0.132 e. The number of phenolic OH excluding ortho intramolecular Hbond substituents is 1. The van der Waals surface area contributed by atoms with E-state index in [9.17, 15) is 9.50 Å². The minimum absolute atomic E-state index is 0.0709. The van der Waals surface area contributed by atoms with Gasteiger partial charge in [-0.15, -0.1) is 0 Å². The number of hydrogen-bond donors (Lipinski definition) is 2. The molecule has 2 N–H and O–H groups in total. The average Bonchev–Trinajstić information content (AvgIpc) is 2.45. The van der Waals surface area contributed by atoms with Gasteiger partial charge in [0.1, 0.15) is 17.3 Å². The molecule has 3 nitrogen and oxygen atoms in total. The summed E-state index contributed by atoms with van der Waals surface area (Å²) < 4.78 is 19.4. The van der Waals surface area contributed by atoms with Crippen molar-refractivity contribution in [1.82, 2.24) is 0 Å². The van der Waals surface area contributed by atoms with E-state index in [1.165, 1.54) is 6.07 Å². The van der Waals surface area contributed by atoms with Gasteiger partial charge in [-0.2, -0.15) is 0 Å². The molecule has 0 saturated carbocycles. The first-order valence-electron chi connectivity index (χ1n) is 7.08. The van der Waals surface area contributed by atoms with Gasteiger partial charge in [-0.05, 0) is 31.5 Å². The van der Waals surface area contributed by atoms with E-state index in [1.54, 1.807) is 6.07 Å². The zero-order valence-electron chi connectivity index (χ0n) is 12.3. The molecule has 0 aliphatic heterocycles. The molecule has 4 heteroatoms. The number of phenols is 1. The van der Waals surface area contributed by atoms with Gasteiger partial charge in [0.25, 0.3) is 0 Å². The summed E-state index contributed by atoms with van der Waals surface area (Å²) in [5.41, 5.74) is 1.37. The minimum Gasteiger partial charge on any atom is -0.508 e. The van der Waals surface area contributed by atoms with Crippen molar-refractivity contribution < 1.29 is 14.2 Å². The van der Waals surface area contributed by atoms with Crippen molar-refractivity contribution in [2.45, 2.75) is 26.3 Å². The highest BCUT2D eigenvalue weighted by atomic mass is 19.1. The SMILES string of the molecule is CCCOc1cccc(NC(C)c2ccc(O)cc2F)c1. The van der Waals surface area contributed by atoms with Crippen LogP contribution >= 0.6 is 0 Å². The molecule has 1 atom stereocenters. The van der Waals surface area contributed by atoms with E-state index >= 15 is 0 Å². The molecule has 0 aliphatic rings. The van der Waals surface area contributed by atoms with Crippen LogP contribution < -0.4 is 10.1 Å². The highest BCUT2D eigenvalue weighted by molar-refractivity contribution is 5.50. The summed E-state index contributed by atoms with van der Waals surface area (Å²) in [6.07, 6.45) is 0.951. The van der Waals surface area contributed by atoms with Gasteiger partial charge in [0.05, 0.1) is 12.6 Å². The van der Waals surface area contributed by atoms with Gasteiger partial charge in [0.15, 0.2) is 0 Å². The molecule has 0 saturated heterocycles. The molecule has 0 radical (unpaired) electrons. The summed E-state index contributed by atoms with van der Waals surface area (Å²) in [5.74, 6) is 0.298. The number of halogens is 1. The largest absolute Gasteiger partial charge is 0.508 e. The van der Waals surface area contributed by atoms with Crippen LogP contribution in [0.5, 0.6) is 11.5 Å². The minimum atomic E-state index is -0.423. The van der Waals surface area contributed by atoms with Gasteiger partial charge in [-0.25, -0.2) is 4.39 Å². The fraction of sp³-hybridized carbons (Fsp3) is 0.294.